The fourth-order valence-electron chi connectivity index (χ4n) is 5.47. The normalized spacial score (nSPS) is 19.0. The Balaban J connectivity index is 1.30. The lowest BCUT2D eigenvalue weighted by Crippen LogP contribution is -2.36. The summed E-state index contributed by atoms with van der Waals surface area (Å²) in [4.78, 5) is 28.8. The minimum atomic E-state index is -0.337. The van der Waals surface area contributed by atoms with E-state index in [-0.39, 0.29) is 11.9 Å². The first-order valence-electron chi connectivity index (χ1n) is 12.4. The molecule has 188 valence electrons. The monoisotopic (exact) mass is 480 g/mol. The standard InChI is InChI=1S/C28H36N2O5/c1-29(2)28(32)35-25-10-7-8-20-21-15-17-30(23(21)13-12-22(20)25)16-6-5-9-24(31)19-11-14-26(33-3)27(18-19)34-4/h7-8,10-11,14,18,21,23H,5-6,9,12-13,15-17H2,1-4H3/t21-,23+/m1/s1. The van der Waals surface area contributed by atoms with Gasteiger partial charge in [-0.25, -0.2) is 4.79 Å². The number of Topliss-reactive ketones (excluding diaryl/α,β-unsaturated/α-hetero) is 1. The number of likely N-dealkylation sites (tertiary alicyclic amines) is 1. The van der Waals surface area contributed by atoms with Crippen molar-refractivity contribution in [2.75, 3.05) is 41.4 Å². The summed E-state index contributed by atoms with van der Waals surface area (Å²) < 4.78 is 16.2. The molecule has 2 atom stereocenters. The zero-order chi connectivity index (χ0) is 24.9. The van der Waals surface area contributed by atoms with Crippen molar-refractivity contribution < 1.29 is 23.8 Å². The van der Waals surface area contributed by atoms with Crippen molar-refractivity contribution >= 4 is 11.9 Å². The molecule has 7 nitrogen and oxygen atoms in total. The first kappa shape index (κ1) is 25.0. The molecule has 1 amide bonds. The zero-order valence-corrected chi connectivity index (χ0v) is 21.2. The van der Waals surface area contributed by atoms with Gasteiger partial charge in [-0.2, -0.15) is 0 Å². The molecule has 2 aromatic rings. The van der Waals surface area contributed by atoms with E-state index in [9.17, 15) is 9.59 Å². The summed E-state index contributed by atoms with van der Waals surface area (Å²) in [5, 5.41) is 0. The van der Waals surface area contributed by atoms with Crippen LogP contribution in [0.25, 0.3) is 0 Å². The van der Waals surface area contributed by atoms with Crippen LogP contribution in [-0.2, 0) is 6.42 Å². The second kappa shape index (κ2) is 11.1. The molecule has 1 fully saturated rings. The third-order valence-electron chi connectivity index (χ3n) is 7.29. The van der Waals surface area contributed by atoms with Crippen LogP contribution in [0.2, 0.25) is 0 Å². The van der Waals surface area contributed by atoms with Crippen LogP contribution in [-0.4, -0.2) is 69.1 Å². The molecular weight excluding hydrogens is 444 g/mol. The number of hydrogen-bond acceptors (Lipinski definition) is 6. The molecule has 1 aliphatic carbocycles. The largest absolute Gasteiger partial charge is 0.493 e. The Morgan fingerprint density at radius 1 is 1.00 bits per heavy atom. The molecule has 1 heterocycles. The average Bonchev–Trinajstić information content (AvgIpc) is 3.29. The van der Waals surface area contributed by atoms with Crippen LogP contribution in [0, 0.1) is 0 Å². The number of carbonyl (C=O) groups excluding carboxylic acids is 2. The van der Waals surface area contributed by atoms with Gasteiger partial charge >= 0.3 is 6.09 Å². The maximum Gasteiger partial charge on any atom is 0.414 e. The van der Waals surface area contributed by atoms with Crippen molar-refractivity contribution in [1.29, 1.82) is 0 Å². The van der Waals surface area contributed by atoms with Crippen LogP contribution < -0.4 is 14.2 Å². The lowest BCUT2D eigenvalue weighted by atomic mass is 9.79. The number of carbonyl (C=O) groups is 2. The van der Waals surface area contributed by atoms with Gasteiger partial charge < -0.3 is 19.1 Å². The SMILES string of the molecule is COc1ccc(C(=O)CCCCN2CC[C@@H]3c4cccc(OC(=O)N(C)C)c4CC[C@@H]32)cc1OC. The summed E-state index contributed by atoms with van der Waals surface area (Å²) in [6.07, 6.45) is 5.16. The van der Waals surface area contributed by atoms with Crippen LogP contribution in [0.4, 0.5) is 4.79 Å². The molecular formula is C28H36N2O5. The van der Waals surface area contributed by atoms with E-state index in [2.05, 4.69) is 11.0 Å². The predicted octanol–water partition coefficient (Wildman–Crippen LogP) is 4.92. The predicted molar refractivity (Wildman–Crippen MR) is 135 cm³/mol. The molecule has 0 N–H and O–H groups in total. The number of benzene rings is 2. The van der Waals surface area contributed by atoms with Gasteiger partial charge in [0.25, 0.3) is 0 Å². The van der Waals surface area contributed by atoms with Gasteiger partial charge in [0.15, 0.2) is 17.3 Å². The molecule has 35 heavy (non-hydrogen) atoms. The molecule has 7 heteroatoms. The van der Waals surface area contributed by atoms with Crippen molar-refractivity contribution in [3.05, 3.63) is 53.1 Å². The van der Waals surface area contributed by atoms with E-state index in [0.717, 1.165) is 45.2 Å². The number of fused-ring (bicyclic) bond motifs is 3. The van der Waals surface area contributed by atoms with Crippen LogP contribution >= 0.6 is 0 Å². The molecule has 0 aromatic heterocycles. The smallest absolute Gasteiger partial charge is 0.414 e. The molecule has 4 rings (SSSR count). The summed E-state index contributed by atoms with van der Waals surface area (Å²) in [5.41, 5.74) is 3.18. The van der Waals surface area contributed by atoms with Crippen molar-refractivity contribution in [3.63, 3.8) is 0 Å². The van der Waals surface area contributed by atoms with E-state index in [0.29, 0.717) is 41.2 Å². The Kier molecular flexibility index (Phi) is 7.96. The fraction of sp³-hybridized carbons (Fsp3) is 0.500. The average molecular weight is 481 g/mol. The van der Waals surface area contributed by atoms with Gasteiger partial charge in [0.1, 0.15) is 5.75 Å². The molecule has 0 saturated carbocycles. The molecule has 1 aliphatic heterocycles. The van der Waals surface area contributed by atoms with Gasteiger partial charge in [0.2, 0.25) is 0 Å². The number of amides is 1. The van der Waals surface area contributed by atoms with Gasteiger partial charge in [-0.3, -0.25) is 9.69 Å². The molecule has 1 saturated heterocycles. The van der Waals surface area contributed by atoms with Crippen LogP contribution in [0.5, 0.6) is 17.2 Å². The maximum absolute atomic E-state index is 12.7. The lowest BCUT2D eigenvalue weighted by Gasteiger charge is -2.34. The summed E-state index contributed by atoms with van der Waals surface area (Å²) >= 11 is 0. The van der Waals surface area contributed by atoms with E-state index >= 15 is 0 Å². The van der Waals surface area contributed by atoms with Gasteiger partial charge in [-0.15, -0.1) is 0 Å². The van der Waals surface area contributed by atoms with Crippen molar-refractivity contribution in [2.24, 2.45) is 0 Å². The van der Waals surface area contributed by atoms with Crippen LogP contribution in [0.3, 0.4) is 0 Å². The van der Waals surface area contributed by atoms with E-state index in [1.165, 1.54) is 16.0 Å². The Morgan fingerprint density at radius 3 is 2.54 bits per heavy atom. The number of hydrogen-bond donors (Lipinski definition) is 0. The number of nitrogens with zero attached hydrogens (tertiary/aromatic N) is 2. The Hall–Kier alpha value is -3.06. The Labute approximate surface area is 207 Å². The number of unbranched alkanes of at least 4 members (excludes halogenated alkanes) is 1. The summed E-state index contributed by atoms with van der Waals surface area (Å²) in [6.45, 7) is 2.07. The number of methoxy groups -OCH3 is 2. The third-order valence-corrected chi connectivity index (χ3v) is 7.29. The van der Waals surface area contributed by atoms with Crippen LogP contribution in [0.15, 0.2) is 36.4 Å². The number of ether oxygens (including phenoxy) is 3. The van der Waals surface area contributed by atoms with Gasteiger partial charge in [-0.05, 0) is 80.6 Å². The number of ketones is 1. The summed E-state index contributed by atoms with van der Waals surface area (Å²) in [7, 11) is 6.57. The topological polar surface area (TPSA) is 68.3 Å². The Morgan fingerprint density at radius 2 is 1.80 bits per heavy atom. The van der Waals surface area contributed by atoms with Crippen molar-refractivity contribution in [2.45, 2.75) is 50.5 Å². The molecule has 0 radical (unpaired) electrons. The first-order valence-corrected chi connectivity index (χ1v) is 12.4. The minimum absolute atomic E-state index is 0.136. The zero-order valence-electron chi connectivity index (χ0n) is 21.2. The molecule has 0 bridgehead atoms. The highest BCUT2D eigenvalue weighted by atomic mass is 16.6. The second-order valence-corrected chi connectivity index (χ2v) is 9.57. The van der Waals surface area contributed by atoms with E-state index < -0.39 is 0 Å². The molecule has 0 unspecified atom stereocenters. The lowest BCUT2D eigenvalue weighted by molar-refractivity contribution is 0.0977. The van der Waals surface area contributed by atoms with E-state index in [4.69, 9.17) is 14.2 Å². The van der Waals surface area contributed by atoms with Gasteiger partial charge in [0, 0.05) is 38.0 Å². The van der Waals surface area contributed by atoms with Gasteiger partial charge in [0.05, 0.1) is 14.2 Å². The molecule has 2 aromatic carbocycles. The second-order valence-electron chi connectivity index (χ2n) is 9.57. The maximum atomic E-state index is 12.7. The first-order chi connectivity index (χ1) is 16.9. The van der Waals surface area contributed by atoms with Crippen molar-refractivity contribution in [1.82, 2.24) is 9.80 Å². The highest BCUT2D eigenvalue weighted by Crippen LogP contribution is 2.44. The summed E-state index contributed by atoms with van der Waals surface area (Å²) in [6, 6.07) is 12.0. The molecule has 2 aliphatic rings. The molecule has 0 spiro atoms. The highest BCUT2D eigenvalue weighted by molar-refractivity contribution is 5.96. The van der Waals surface area contributed by atoms with E-state index in [1.54, 1.807) is 46.5 Å². The summed E-state index contributed by atoms with van der Waals surface area (Å²) in [5.74, 6) is 2.52. The highest BCUT2D eigenvalue weighted by Gasteiger charge is 2.39. The Bertz CT molecular complexity index is 1070. The van der Waals surface area contributed by atoms with E-state index in [1.807, 2.05) is 12.1 Å². The quantitative estimate of drug-likeness (QED) is 0.375. The number of rotatable bonds is 9. The van der Waals surface area contributed by atoms with Crippen molar-refractivity contribution in [3.8, 4) is 17.2 Å². The van der Waals surface area contributed by atoms with Crippen LogP contribution in [0.1, 0.15) is 59.5 Å². The minimum Gasteiger partial charge on any atom is -0.493 e. The van der Waals surface area contributed by atoms with Gasteiger partial charge in [-0.1, -0.05) is 12.1 Å². The fourth-order valence-corrected chi connectivity index (χ4v) is 5.47. The third kappa shape index (κ3) is 5.45.